The second kappa shape index (κ2) is 4.41. The molecule has 1 aromatic rings. The van der Waals surface area contributed by atoms with Gasteiger partial charge in [-0.25, -0.2) is 4.98 Å². The molecule has 3 nitrogen and oxygen atoms in total. The summed E-state index contributed by atoms with van der Waals surface area (Å²) >= 11 is 1.68. The molecule has 1 aromatic heterocycles. The van der Waals surface area contributed by atoms with Crippen LogP contribution in [0.2, 0.25) is 0 Å². The zero-order chi connectivity index (χ0) is 8.10. The highest BCUT2D eigenvalue weighted by molar-refractivity contribution is 7.99. The molecule has 11 heavy (non-hydrogen) atoms. The number of nitrogens with one attached hydrogen (secondary N) is 1. The van der Waals surface area contributed by atoms with E-state index >= 15 is 0 Å². The Morgan fingerprint density at radius 2 is 2.55 bits per heavy atom. The van der Waals surface area contributed by atoms with E-state index in [0.29, 0.717) is 0 Å². The van der Waals surface area contributed by atoms with Gasteiger partial charge in [0.2, 0.25) is 0 Å². The monoisotopic (exact) mass is 172 g/mol. The number of aliphatic hydroxyl groups excluding tert-OH is 1. The van der Waals surface area contributed by atoms with Crippen molar-refractivity contribution in [2.24, 2.45) is 0 Å². The molecule has 0 radical (unpaired) electrons. The van der Waals surface area contributed by atoms with Gasteiger partial charge < -0.3 is 10.1 Å². The molecule has 0 aliphatic rings. The van der Waals surface area contributed by atoms with Gasteiger partial charge in [0.15, 0.2) is 5.16 Å². The second-order valence-electron chi connectivity index (χ2n) is 2.22. The van der Waals surface area contributed by atoms with Gasteiger partial charge in [0.1, 0.15) is 0 Å². The fraction of sp³-hybridized carbons (Fsp3) is 0.571. The predicted molar refractivity (Wildman–Crippen MR) is 45.5 cm³/mol. The van der Waals surface area contributed by atoms with Gasteiger partial charge in [-0.3, -0.25) is 0 Å². The molecule has 2 N–H and O–H groups in total. The number of thioether (sulfide) groups is 1. The van der Waals surface area contributed by atoms with E-state index in [1.54, 1.807) is 18.0 Å². The summed E-state index contributed by atoms with van der Waals surface area (Å²) in [5, 5.41) is 9.59. The maximum Gasteiger partial charge on any atom is 0.165 e. The Balaban J connectivity index is 2.44. The Hall–Kier alpha value is -0.480. The largest absolute Gasteiger partial charge is 0.390 e. The van der Waals surface area contributed by atoms with Gasteiger partial charge in [0, 0.05) is 5.75 Å². The predicted octanol–water partition coefficient (Wildman–Crippen LogP) is 1.40. The van der Waals surface area contributed by atoms with Crippen LogP contribution in [-0.2, 0) is 6.61 Å². The Bertz CT molecular complexity index is 212. The van der Waals surface area contributed by atoms with Crippen molar-refractivity contribution in [2.45, 2.75) is 25.1 Å². The van der Waals surface area contributed by atoms with E-state index in [2.05, 4.69) is 16.9 Å². The lowest BCUT2D eigenvalue weighted by atomic mass is 10.5. The molecule has 0 aromatic carbocycles. The van der Waals surface area contributed by atoms with Crippen LogP contribution in [-0.4, -0.2) is 20.8 Å². The number of aliphatic hydroxyl groups is 1. The highest BCUT2D eigenvalue weighted by Crippen LogP contribution is 2.13. The summed E-state index contributed by atoms with van der Waals surface area (Å²) in [5.41, 5.74) is 0.781. The first kappa shape index (κ1) is 8.62. The Morgan fingerprint density at radius 1 is 1.73 bits per heavy atom. The number of rotatable bonds is 4. The highest BCUT2D eigenvalue weighted by Gasteiger charge is 1.97. The Morgan fingerprint density at radius 3 is 3.09 bits per heavy atom. The van der Waals surface area contributed by atoms with E-state index in [-0.39, 0.29) is 6.61 Å². The van der Waals surface area contributed by atoms with Crippen LogP contribution in [0.25, 0.3) is 0 Å². The fourth-order valence-corrected chi connectivity index (χ4v) is 1.42. The molecule has 0 saturated carbocycles. The van der Waals surface area contributed by atoms with Gasteiger partial charge in [-0.15, -0.1) is 0 Å². The first-order chi connectivity index (χ1) is 5.36. The number of hydrogen-bond donors (Lipinski definition) is 2. The third kappa shape index (κ3) is 2.55. The van der Waals surface area contributed by atoms with Crippen LogP contribution in [0.1, 0.15) is 19.0 Å². The first-order valence-electron chi connectivity index (χ1n) is 3.64. The van der Waals surface area contributed by atoms with Crippen LogP contribution in [0.15, 0.2) is 11.4 Å². The zero-order valence-corrected chi connectivity index (χ0v) is 7.32. The van der Waals surface area contributed by atoms with Gasteiger partial charge in [-0.1, -0.05) is 18.7 Å². The lowest BCUT2D eigenvalue weighted by Gasteiger charge is -1.91. The van der Waals surface area contributed by atoms with Gasteiger partial charge in [0.05, 0.1) is 18.5 Å². The lowest BCUT2D eigenvalue weighted by molar-refractivity contribution is 0.277. The van der Waals surface area contributed by atoms with Crippen molar-refractivity contribution >= 4 is 11.8 Å². The molecule has 0 atom stereocenters. The molecule has 0 spiro atoms. The summed E-state index contributed by atoms with van der Waals surface area (Å²) in [6.45, 7) is 2.17. The summed E-state index contributed by atoms with van der Waals surface area (Å²) in [6, 6.07) is 0. The molecule has 0 aliphatic heterocycles. The molecule has 1 rings (SSSR count). The molecule has 0 bridgehead atoms. The van der Waals surface area contributed by atoms with E-state index in [1.165, 1.54) is 0 Å². The van der Waals surface area contributed by atoms with Gasteiger partial charge in [0.25, 0.3) is 0 Å². The van der Waals surface area contributed by atoms with Crippen LogP contribution in [0.5, 0.6) is 0 Å². The molecule has 0 amide bonds. The number of aromatic nitrogens is 2. The average Bonchev–Trinajstić information content (AvgIpc) is 2.48. The van der Waals surface area contributed by atoms with E-state index in [9.17, 15) is 0 Å². The van der Waals surface area contributed by atoms with Crippen LogP contribution in [0.4, 0.5) is 0 Å². The number of imidazole rings is 1. The molecular formula is C7H12N2OS. The number of hydrogen-bond acceptors (Lipinski definition) is 3. The van der Waals surface area contributed by atoms with E-state index < -0.39 is 0 Å². The highest BCUT2D eigenvalue weighted by atomic mass is 32.2. The quantitative estimate of drug-likeness (QED) is 0.675. The Kier molecular flexibility index (Phi) is 3.45. The maximum absolute atomic E-state index is 8.70. The fourth-order valence-electron chi connectivity index (χ4n) is 0.691. The van der Waals surface area contributed by atoms with Crippen molar-refractivity contribution in [2.75, 3.05) is 5.75 Å². The van der Waals surface area contributed by atoms with Crippen LogP contribution < -0.4 is 0 Å². The molecular weight excluding hydrogens is 160 g/mol. The van der Waals surface area contributed by atoms with Gasteiger partial charge >= 0.3 is 0 Å². The van der Waals surface area contributed by atoms with Crippen molar-refractivity contribution in [1.29, 1.82) is 0 Å². The smallest absolute Gasteiger partial charge is 0.165 e. The number of H-pyrrole nitrogens is 1. The van der Waals surface area contributed by atoms with Crippen LogP contribution in [0.3, 0.4) is 0 Å². The van der Waals surface area contributed by atoms with Crippen molar-refractivity contribution in [1.82, 2.24) is 9.97 Å². The van der Waals surface area contributed by atoms with Crippen molar-refractivity contribution in [3.05, 3.63) is 11.9 Å². The minimum atomic E-state index is 0.0414. The summed E-state index contributed by atoms with van der Waals surface area (Å²) in [7, 11) is 0. The van der Waals surface area contributed by atoms with Crippen LogP contribution >= 0.6 is 11.8 Å². The average molecular weight is 172 g/mol. The van der Waals surface area contributed by atoms with Crippen molar-refractivity contribution in [3.8, 4) is 0 Å². The topological polar surface area (TPSA) is 48.9 Å². The standard InChI is InChI=1S/C7H12N2OS/c1-2-3-11-7-8-4-6(5-10)9-7/h4,10H,2-3,5H2,1H3,(H,8,9). The van der Waals surface area contributed by atoms with E-state index in [4.69, 9.17) is 5.11 Å². The molecule has 62 valence electrons. The van der Waals surface area contributed by atoms with Crippen LogP contribution in [0, 0.1) is 0 Å². The summed E-state index contributed by atoms with van der Waals surface area (Å²) in [5.74, 6) is 1.07. The summed E-state index contributed by atoms with van der Waals surface area (Å²) in [4.78, 5) is 7.07. The van der Waals surface area contributed by atoms with Crippen molar-refractivity contribution in [3.63, 3.8) is 0 Å². The second-order valence-corrected chi connectivity index (χ2v) is 3.30. The number of aromatic amines is 1. The van der Waals surface area contributed by atoms with Gasteiger partial charge in [-0.2, -0.15) is 0 Å². The molecule has 0 saturated heterocycles. The molecule has 1 heterocycles. The molecule has 0 aliphatic carbocycles. The van der Waals surface area contributed by atoms with E-state index in [1.807, 2.05) is 0 Å². The lowest BCUT2D eigenvalue weighted by Crippen LogP contribution is -1.82. The molecule has 0 fully saturated rings. The van der Waals surface area contributed by atoms with Crippen molar-refractivity contribution < 1.29 is 5.11 Å². The SMILES string of the molecule is CCCSc1ncc(CO)[nH]1. The normalized spacial score (nSPS) is 10.4. The Labute approximate surface area is 70.2 Å². The maximum atomic E-state index is 8.70. The first-order valence-corrected chi connectivity index (χ1v) is 4.63. The van der Waals surface area contributed by atoms with Gasteiger partial charge in [-0.05, 0) is 6.42 Å². The summed E-state index contributed by atoms with van der Waals surface area (Å²) in [6.07, 6.45) is 2.80. The minimum Gasteiger partial charge on any atom is -0.390 e. The third-order valence-electron chi connectivity index (χ3n) is 1.22. The summed E-state index contributed by atoms with van der Waals surface area (Å²) < 4.78 is 0. The minimum absolute atomic E-state index is 0.0414. The number of nitrogens with zero attached hydrogens (tertiary/aromatic N) is 1. The zero-order valence-electron chi connectivity index (χ0n) is 6.50. The van der Waals surface area contributed by atoms with E-state index in [0.717, 1.165) is 23.0 Å². The molecule has 4 heteroatoms. The molecule has 0 unspecified atom stereocenters. The third-order valence-corrected chi connectivity index (χ3v) is 2.31.